The monoisotopic (exact) mass is 596 g/mol. The van der Waals surface area contributed by atoms with Gasteiger partial charge in [-0.15, -0.1) is 0 Å². The van der Waals surface area contributed by atoms with Crippen molar-refractivity contribution in [3.8, 4) is 23.3 Å². The summed E-state index contributed by atoms with van der Waals surface area (Å²) in [7, 11) is 0. The second kappa shape index (κ2) is 12.3. The molecular formula is C25H17BrN4O9. The van der Waals surface area contributed by atoms with Gasteiger partial charge in [0.2, 0.25) is 5.75 Å². The van der Waals surface area contributed by atoms with Crippen LogP contribution < -0.4 is 14.8 Å². The summed E-state index contributed by atoms with van der Waals surface area (Å²) in [5, 5.41) is 43.8. The van der Waals surface area contributed by atoms with Gasteiger partial charge < -0.3 is 19.9 Å². The highest BCUT2D eigenvalue weighted by Crippen LogP contribution is 2.43. The van der Waals surface area contributed by atoms with Crippen LogP contribution in [0, 0.1) is 31.6 Å². The summed E-state index contributed by atoms with van der Waals surface area (Å²) in [6, 6.07) is 13.2. The predicted molar refractivity (Wildman–Crippen MR) is 141 cm³/mol. The largest absolute Gasteiger partial charge is 0.490 e. The molecule has 0 saturated heterocycles. The molecule has 3 aromatic carbocycles. The topological polar surface area (TPSA) is 195 Å². The molecule has 0 fully saturated rings. The van der Waals surface area contributed by atoms with Crippen LogP contribution in [0.3, 0.4) is 0 Å². The standard InChI is InChI=1S/C25H17BrN4O9/c1-2-38-22-11-14(9-15(13-27)24(31)28-19-6-4-3-5-17(19)25(32)33)10-18(26)23(22)39-21-8-7-16(29(34)35)12-20(21)30(36)37/h3-12H,2H2,1H3,(H,28,31)(H,32,33)/b15-9+. The van der Waals surface area contributed by atoms with Gasteiger partial charge >= 0.3 is 11.7 Å². The third-order valence-electron chi connectivity index (χ3n) is 4.98. The number of carbonyl (C=O) groups excluding carboxylic acids is 1. The van der Waals surface area contributed by atoms with E-state index >= 15 is 0 Å². The van der Waals surface area contributed by atoms with E-state index in [1.165, 1.54) is 42.5 Å². The number of halogens is 1. The number of carbonyl (C=O) groups is 2. The van der Waals surface area contributed by atoms with Gasteiger partial charge in [0.1, 0.15) is 11.6 Å². The maximum absolute atomic E-state index is 12.7. The number of hydrogen-bond donors (Lipinski definition) is 2. The fraction of sp³-hybridized carbons (Fsp3) is 0.0800. The van der Waals surface area contributed by atoms with E-state index in [2.05, 4.69) is 21.2 Å². The molecule has 0 heterocycles. The van der Waals surface area contributed by atoms with Crippen LogP contribution in [-0.2, 0) is 4.79 Å². The van der Waals surface area contributed by atoms with Gasteiger partial charge in [-0.1, -0.05) is 12.1 Å². The third kappa shape index (κ3) is 6.73. The zero-order valence-corrected chi connectivity index (χ0v) is 21.5. The molecule has 198 valence electrons. The highest BCUT2D eigenvalue weighted by molar-refractivity contribution is 9.10. The molecule has 0 radical (unpaired) electrons. The Morgan fingerprint density at radius 3 is 2.44 bits per heavy atom. The molecule has 0 saturated carbocycles. The molecule has 3 aromatic rings. The second-order valence-electron chi connectivity index (χ2n) is 7.51. The molecular weight excluding hydrogens is 580 g/mol. The minimum Gasteiger partial charge on any atom is -0.490 e. The lowest BCUT2D eigenvalue weighted by Crippen LogP contribution is -2.16. The Labute approximate surface area is 228 Å². The maximum atomic E-state index is 12.7. The number of nitrogens with zero attached hydrogens (tertiary/aromatic N) is 3. The zero-order chi connectivity index (χ0) is 28.7. The average molecular weight is 597 g/mol. The Morgan fingerprint density at radius 2 is 1.82 bits per heavy atom. The number of hydrogen-bond acceptors (Lipinski definition) is 9. The molecule has 0 aliphatic rings. The number of carboxylic acid groups (broad SMARTS) is 1. The van der Waals surface area contributed by atoms with Crippen molar-refractivity contribution in [1.29, 1.82) is 5.26 Å². The van der Waals surface area contributed by atoms with Crippen LogP contribution >= 0.6 is 15.9 Å². The second-order valence-corrected chi connectivity index (χ2v) is 8.36. The Hall–Kier alpha value is -5.29. The lowest BCUT2D eigenvalue weighted by atomic mass is 10.1. The van der Waals surface area contributed by atoms with E-state index in [-0.39, 0.29) is 45.2 Å². The molecule has 39 heavy (non-hydrogen) atoms. The number of nitro groups is 2. The van der Waals surface area contributed by atoms with Gasteiger partial charge in [0, 0.05) is 6.07 Å². The molecule has 0 aromatic heterocycles. The summed E-state index contributed by atoms with van der Waals surface area (Å²) in [5.74, 6) is -2.32. The van der Waals surface area contributed by atoms with Crippen molar-refractivity contribution in [3.05, 3.63) is 96.0 Å². The van der Waals surface area contributed by atoms with Crippen LogP contribution in [0.1, 0.15) is 22.8 Å². The van der Waals surface area contributed by atoms with Gasteiger partial charge in [0.05, 0.1) is 38.2 Å². The Kier molecular flexibility index (Phi) is 8.92. The van der Waals surface area contributed by atoms with Gasteiger partial charge in [-0.05, 0) is 64.8 Å². The first-order chi connectivity index (χ1) is 18.5. The number of rotatable bonds is 10. The summed E-state index contributed by atoms with van der Waals surface area (Å²) in [6.07, 6.45) is 1.23. The lowest BCUT2D eigenvalue weighted by Gasteiger charge is -2.15. The quantitative estimate of drug-likeness (QED) is 0.127. The molecule has 0 atom stereocenters. The van der Waals surface area contributed by atoms with Gasteiger partial charge in [0.25, 0.3) is 11.6 Å². The normalized spacial score (nSPS) is 10.7. The molecule has 2 N–H and O–H groups in total. The zero-order valence-electron chi connectivity index (χ0n) is 19.9. The van der Waals surface area contributed by atoms with Crippen molar-refractivity contribution >= 4 is 50.9 Å². The first-order valence-corrected chi connectivity index (χ1v) is 11.7. The first-order valence-electron chi connectivity index (χ1n) is 10.9. The average Bonchev–Trinajstić information content (AvgIpc) is 2.89. The van der Waals surface area contributed by atoms with E-state index in [0.29, 0.717) is 5.56 Å². The summed E-state index contributed by atoms with van der Waals surface area (Å²) in [6.45, 7) is 1.82. The fourth-order valence-electron chi connectivity index (χ4n) is 3.28. The predicted octanol–water partition coefficient (Wildman–Crippen LogP) is 5.70. The number of anilines is 1. The van der Waals surface area contributed by atoms with Crippen LogP contribution in [0.25, 0.3) is 6.08 Å². The van der Waals surface area contributed by atoms with E-state index in [9.17, 15) is 40.2 Å². The van der Waals surface area contributed by atoms with E-state index in [1.54, 1.807) is 13.0 Å². The van der Waals surface area contributed by atoms with Gasteiger partial charge in [-0.2, -0.15) is 5.26 Å². The molecule has 14 heteroatoms. The van der Waals surface area contributed by atoms with Gasteiger partial charge in [0.15, 0.2) is 11.5 Å². The van der Waals surface area contributed by atoms with Crippen molar-refractivity contribution in [3.63, 3.8) is 0 Å². The van der Waals surface area contributed by atoms with Crippen molar-refractivity contribution in [2.75, 3.05) is 11.9 Å². The molecule has 0 aliphatic heterocycles. The lowest BCUT2D eigenvalue weighted by molar-refractivity contribution is -0.394. The van der Waals surface area contributed by atoms with E-state index in [0.717, 1.165) is 18.2 Å². The molecule has 1 amide bonds. The molecule has 0 aliphatic carbocycles. The number of para-hydroxylation sites is 1. The first kappa shape index (κ1) is 28.3. The van der Waals surface area contributed by atoms with E-state index in [4.69, 9.17) is 9.47 Å². The Morgan fingerprint density at radius 1 is 1.10 bits per heavy atom. The molecule has 0 bridgehead atoms. The van der Waals surface area contributed by atoms with Crippen LogP contribution in [-0.4, -0.2) is 33.4 Å². The summed E-state index contributed by atoms with van der Waals surface area (Å²) in [4.78, 5) is 45.1. The molecule has 0 unspecified atom stereocenters. The van der Waals surface area contributed by atoms with Crippen molar-refractivity contribution in [2.24, 2.45) is 0 Å². The highest BCUT2D eigenvalue weighted by atomic mass is 79.9. The number of nitro benzene ring substituents is 2. The van der Waals surface area contributed by atoms with E-state index in [1.807, 2.05) is 0 Å². The number of amides is 1. The summed E-state index contributed by atoms with van der Waals surface area (Å²) >= 11 is 3.29. The number of carboxylic acids is 1. The van der Waals surface area contributed by atoms with Crippen molar-refractivity contribution < 1.29 is 34.0 Å². The SMILES string of the molecule is CCOc1cc(/C=C(\C#N)C(=O)Nc2ccccc2C(=O)O)cc(Br)c1Oc1ccc([N+](=O)[O-])cc1[N+](=O)[O-]. The molecule has 0 spiro atoms. The van der Waals surface area contributed by atoms with Gasteiger partial charge in [-0.25, -0.2) is 4.79 Å². The maximum Gasteiger partial charge on any atom is 0.337 e. The van der Waals surface area contributed by atoms with Gasteiger partial charge in [-0.3, -0.25) is 25.0 Å². The minimum atomic E-state index is -1.26. The van der Waals surface area contributed by atoms with Crippen LogP contribution in [0.2, 0.25) is 0 Å². The third-order valence-corrected chi connectivity index (χ3v) is 5.56. The molecule has 3 rings (SSSR count). The Balaban J connectivity index is 1.99. The van der Waals surface area contributed by atoms with E-state index < -0.39 is 33.1 Å². The fourth-order valence-corrected chi connectivity index (χ4v) is 3.82. The number of benzene rings is 3. The minimum absolute atomic E-state index is 0.000719. The van der Waals surface area contributed by atoms with Crippen LogP contribution in [0.15, 0.2) is 64.6 Å². The number of ether oxygens (including phenoxy) is 2. The smallest absolute Gasteiger partial charge is 0.337 e. The van der Waals surface area contributed by atoms with Crippen LogP contribution in [0.4, 0.5) is 17.1 Å². The number of non-ortho nitro benzene ring substituents is 1. The van der Waals surface area contributed by atoms with Crippen molar-refractivity contribution in [2.45, 2.75) is 6.92 Å². The number of nitriles is 1. The number of nitrogens with one attached hydrogen (secondary N) is 1. The molecule has 13 nitrogen and oxygen atoms in total. The summed E-state index contributed by atoms with van der Waals surface area (Å²) < 4.78 is 11.5. The van der Waals surface area contributed by atoms with Crippen molar-refractivity contribution in [1.82, 2.24) is 0 Å². The summed E-state index contributed by atoms with van der Waals surface area (Å²) in [5.41, 5.74) is -1.36. The Bertz CT molecular complexity index is 1560. The highest BCUT2D eigenvalue weighted by Gasteiger charge is 2.24. The number of aromatic carboxylic acids is 1. The van der Waals surface area contributed by atoms with Crippen LogP contribution in [0.5, 0.6) is 17.2 Å².